The summed E-state index contributed by atoms with van der Waals surface area (Å²) in [4.78, 5) is 44.3. The van der Waals surface area contributed by atoms with Crippen LogP contribution in [-0.2, 0) is 22.7 Å². The van der Waals surface area contributed by atoms with Crippen molar-refractivity contribution < 1.29 is 28.9 Å². The van der Waals surface area contributed by atoms with Crippen molar-refractivity contribution in [2.24, 2.45) is 0 Å². The van der Waals surface area contributed by atoms with Gasteiger partial charge in [-0.15, -0.1) is 0 Å². The normalized spacial score (nSPS) is 10.4. The lowest BCUT2D eigenvalue weighted by molar-refractivity contribution is -0.380. The molecule has 0 aliphatic carbocycles. The maximum absolute atomic E-state index is 11.9. The highest BCUT2D eigenvalue weighted by molar-refractivity contribution is 7.17. The van der Waals surface area contributed by atoms with Crippen LogP contribution in [-0.4, -0.2) is 21.8 Å². The van der Waals surface area contributed by atoms with Crippen molar-refractivity contribution in [2.45, 2.75) is 13.2 Å². The number of nitrogens with zero attached hydrogens (tertiary/aromatic N) is 2. The molecule has 0 radical (unpaired) electrons. The number of rotatable bonds is 8. The Labute approximate surface area is 176 Å². The zero-order valence-corrected chi connectivity index (χ0v) is 16.6. The van der Waals surface area contributed by atoms with Gasteiger partial charge in [-0.2, -0.15) is 0 Å². The Morgan fingerprint density at radius 3 is 1.37 bits per heavy atom. The zero-order valence-electron chi connectivity index (χ0n) is 15.0. The van der Waals surface area contributed by atoms with E-state index in [1.807, 2.05) is 0 Å². The van der Waals surface area contributed by atoms with Gasteiger partial charge in [0.2, 0.25) is 0 Å². The number of benzene rings is 1. The molecule has 0 saturated carbocycles. The molecule has 3 aromatic rings. The van der Waals surface area contributed by atoms with Gasteiger partial charge in [0.15, 0.2) is 0 Å². The van der Waals surface area contributed by atoms with Crippen molar-refractivity contribution in [1.82, 2.24) is 0 Å². The van der Waals surface area contributed by atoms with E-state index < -0.39 is 21.8 Å². The summed E-state index contributed by atoms with van der Waals surface area (Å²) in [5, 5.41) is 21.0. The Bertz CT molecular complexity index is 1020. The van der Waals surface area contributed by atoms with Crippen LogP contribution < -0.4 is 0 Å². The SMILES string of the molecule is O=C(OCc1ccc(COC(=O)c2ccc([N+](=O)[O-])s2)cc1)c1ccc([N+](=O)[O-])s1. The van der Waals surface area contributed by atoms with Gasteiger partial charge >= 0.3 is 21.9 Å². The first kappa shape index (κ1) is 21.1. The third kappa shape index (κ3) is 5.24. The molecule has 0 fully saturated rings. The van der Waals surface area contributed by atoms with Crippen LogP contribution in [0.3, 0.4) is 0 Å². The average molecular weight is 448 g/mol. The van der Waals surface area contributed by atoms with Gasteiger partial charge in [-0.25, -0.2) is 9.59 Å². The molecule has 0 aliphatic rings. The summed E-state index contributed by atoms with van der Waals surface area (Å²) in [5.41, 5.74) is 1.36. The predicted molar refractivity (Wildman–Crippen MR) is 107 cm³/mol. The molecule has 10 nitrogen and oxygen atoms in total. The van der Waals surface area contributed by atoms with Crippen molar-refractivity contribution in [2.75, 3.05) is 0 Å². The summed E-state index contributed by atoms with van der Waals surface area (Å²) in [6, 6.07) is 11.9. The first-order valence-electron chi connectivity index (χ1n) is 8.24. The summed E-state index contributed by atoms with van der Waals surface area (Å²) in [7, 11) is 0. The highest BCUT2D eigenvalue weighted by atomic mass is 32.1. The minimum Gasteiger partial charge on any atom is -0.457 e. The number of thiophene rings is 2. The molecule has 0 spiro atoms. The minimum atomic E-state index is -0.656. The van der Waals surface area contributed by atoms with Crippen LogP contribution >= 0.6 is 22.7 Å². The van der Waals surface area contributed by atoms with Crippen LogP contribution in [0, 0.1) is 20.2 Å². The lowest BCUT2D eigenvalue weighted by Crippen LogP contribution is -2.04. The van der Waals surface area contributed by atoms with Crippen LogP contribution in [0.5, 0.6) is 0 Å². The standard InChI is InChI=1S/C18H12N2O8S2/c21-17(13-5-7-15(29-13)19(23)24)27-9-11-1-2-12(4-3-11)10-28-18(22)14-6-8-16(30-14)20(25)26/h1-8H,9-10H2. The fraction of sp³-hybridized carbons (Fsp3) is 0.111. The van der Waals surface area contributed by atoms with Crippen LogP contribution in [0.2, 0.25) is 0 Å². The van der Waals surface area contributed by atoms with E-state index in [4.69, 9.17) is 9.47 Å². The Hall–Kier alpha value is -3.64. The number of hydrogen-bond donors (Lipinski definition) is 0. The van der Waals surface area contributed by atoms with E-state index in [1.54, 1.807) is 24.3 Å². The molecule has 0 amide bonds. The van der Waals surface area contributed by atoms with Gasteiger partial charge < -0.3 is 9.47 Å². The largest absolute Gasteiger partial charge is 0.457 e. The van der Waals surface area contributed by atoms with Crippen molar-refractivity contribution in [3.63, 3.8) is 0 Å². The maximum Gasteiger partial charge on any atom is 0.348 e. The van der Waals surface area contributed by atoms with Crippen molar-refractivity contribution in [3.8, 4) is 0 Å². The van der Waals surface area contributed by atoms with Gasteiger partial charge in [-0.1, -0.05) is 46.9 Å². The number of hydrogen-bond acceptors (Lipinski definition) is 10. The first-order valence-corrected chi connectivity index (χ1v) is 9.87. The number of nitro groups is 2. The third-order valence-corrected chi connectivity index (χ3v) is 5.74. The van der Waals surface area contributed by atoms with Gasteiger partial charge in [0.05, 0.1) is 9.85 Å². The second-order valence-electron chi connectivity index (χ2n) is 5.76. The highest BCUT2D eigenvalue weighted by Crippen LogP contribution is 2.25. The Balaban J connectivity index is 1.49. The lowest BCUT2D eigenvalue weighted by Gasteiger charge is -2.06. The number of carbonyl (C=O) groups is 2. The molecule has 0 aliphatic heterocycles. The molecule has 2 heterocycles. The molecule has 2 aromatic heterocycles. The molecular formula is C18H12N2O8S2. The second-order valence-corrected chi connectivity index (χ2v) is 7.88. The summed E-state index contributed by atoms with van der Waals surface area (Å²) < 4.78 is 10.3. The van der Waals surface area contributed by atoms with E-state index in [2.05, 4.69) is 0 Å². The quantitative estimate of drug-likeness (QED) is 0.282. The Kier molecular flexibility index (Phi) is 6.49. The van der Waals surface area contributed by atoms with Crippen LogP contribution in [0.4, 0.5) is 10.0 Å². The molecule has 154 valence electrons. The lowest BCUT2D eigenvalue weighted by atomic mass is 10.1. The fourth-order valence-electron chi connectivity index (χ4n) is 2.24. The van der Waals surface area contributed by atoms with Crippen LogP contribution in [0.1, 0.15) is 30.5 Å². The van der Waals surface area contributed by atoms with Crippen LogP contribution in [0.25, 0.3) is 0 Å². The molecule has 0 bridgehead atoms. The van der Waals surface area contributed by atoms with E-state index in [-0.39, 0.29) is 33.0 Å². The molecule has 0 atom stereocenters. The van der Waals surface area contributed by atoms with E-state index in [9.17, 15) is 29.8 Å². The Morgan fingerprint density at radius 2 is 1.07 bits per heavy atom. The molecule has 1 aromatic carbocycles. The van der Waals surface area contributed by atoms with Crippen LogP contribution in [0.15, 0.2) is 48.5 Å². The fourth-order valence-corrected chi connectivity index (χ4v) is 3.67. The molecule has 0 N–H and O–H groups in total. The number of ether oxygens (including phenoxy) is 2. The molecular weight excluding hydrogens is 436 g/mol. The summed E-state index contributed by atoms with van der Waals surface area (Å²) in [5.74, 6) is -1.31. The summed E-state index contributed by atoms with van der Waals surface area (Å²) in [6.45, 7) is -0.0487. The van der Waals surface area contributed by atoms with Gasteiger partial charge in [-0.05, 0) is 23.3 Å². The monoisotopic (exact) mass is 448 g/mol. The van der Waals surface area contributed by atoms with Gasteiger partial charge in [-0.3, -0.25) is 20.2 Å². The molecule has 30 heavy (non-hydrogen) atoms. The predicted octanol–water partition coefficient (Wildman–Crippen LogP) is 4.34. The summed E-state index contributed by atoms with van der Waals surface area (Å²) in [6.07, 6.45) is 0. The topological polar surface area (TPSA) is 139 Å². The van der Waals surface area contributed by atoms with Gasteiger partial charge in [0, 0.05) is 12.1 Å². The van der Waals surface area contributed by atoms with E-state index in [0.29, 0.717) is 11.1 Å². The summed E-state index contributed by atoms with van der Waals surface area (Å²) >= 11 is 1.48. The highest BCUT2D eigenvalue weighted by Gasteiger charge is 2.17. The zero-order chi connectivity index (χ0) is 21.7. The number of carbonyl (C=O) groups excluding carboxylic acids is 2. The van der Waals surface area contributed by atoms with Gasteiger partial charge in [0.25, 0.3) is 0 Å². The van der Waals surface area contributed by atoms with Gasteiger partial charge in [0.1, 0.15) is 23.0 Å². The number of esters is 2. The van der Waals surface area contributed by atoms with Crippen molar-refractivity contribution in [1.29, 1.82) is 0 Å². The minimum absolute atomic E-state index is 0.0243. The van der Waals surface area contributed by atoms with E-state index in [0.717, 1.165) is 22.7 Å². The molecule has 0 unspecified atom stereocenters. The average Bonchev–Trinajstić information content (AvgIpc) is 3.41. The second kappa shape index (κ2) is 9.24. The third-order valence-electron chi connectivity index (χ3n) is 3.71. The molecule has 3 rings (SSSR count). The molecule has 12 heteroatoms. The van der Waals surface area contributed by atoms with E-state index in [1.165, 1.54) is 24.3 Å². The maximum atomic E-state index is 11.9. The molecule has 0 saturated heterocycles. The first-order chi connectivity index (χ1) is 14.3. The van der Waals surface area contributed by atoms with Crippen molar-refractivity contribution in [3.05, 3.63) is 89.6 Å². The van der Waals surface area contributed by atoms with Crippen molar-refractivity contribution >= 4 is 44.6 Å². The smallest absolute Gasteiger partial charge is 0.348 e. The Morgan fingerprint density at radius 1 is 0.700 bits per heavy atom. The van der Waals surface area contributed by atoms with E-state index >= 15 is 0 Å².